The minimum absolute atomic E-state index is 0.245. The van der Waals surface area contributed by atoms with Crippen LogP contribution in [-0.4, -0.2) is 24.2 Å². The normalized spacial score (nSPS) is 14.1. The Labute approximate surface area is 153 Å². The first-order chi connectivity index (χ1) is 12.7. The number of urea groups is 1. The number of nitrogens with one attached hydrogen (secondary N) is 2. The number of methoxy groups -OCH3 is 1. The van der Waals surface area contributed by atoms with Gasteiger partial charge in [0.2, 0.25) is 0 Å². The molecule has 1 aromatic heterocycles. The van der Waals surface area contributed by atoms with Crippen LogP contribution in [0.3, 0.4) is 0 Å². The zero-order valence-corrected chi connectivity index (χ0v) is 15.2. The fraction of sp³-hybridized carbons (Fsp3) is 0.400. The van der Waals surface area contributed by atoms with E-state index in [4.69, 9.17) is 9.47 Å². The van der Waals surface area contributed by atoms with Crippen LogP contribution in [0.15, 0.2) is 36.7 Å². The number of hydrogen-bond acceptors (Lipinski definition) is 4. The molecule has 2 aromatic rings. The van der Waals surface area contributed by atoms with Gasteiger partial charge >= 0.3 is 6.03 Å². The van der Waals surface area contributed by atoms with Crippen LogP contribution < -0.4 is 20.1 Å². The second-order valence-electron chi connectivity index (χ2n) is 6.50. The van der Waals surface area contributed by atoms with Gasteiger partial charge in [-0.3, -0.25) is 4.98 Å². The Morgan fingerprint density at radius 1 is 1.27 bits per heavy atom. The molecule has 3 rings (SSSR count). The molecule has 2 amide bonds. The summed E-state index contributed by atoms with van der Waals surface area (Å²) in [5.41, 5.74) is 2.59. The molecule has 6 heteroatoms. The topological polar surface area (TPSA) is 72.5 Å². The monoisotopic (exact) mass is 355 g/mol. The van der Waals surface area contributed by atoms with Gasteiger partial charge in [0, 0.05) is 36.3 Å². The summed E-state index contributed by atoms with van der Waals surface area (Å²) in [4.78, 5) is 16.2. The highest BCUT2D eigenvalue weighted by molar-refractivity contribution is 5.89. The molecule has 26 heavy (non-hydrogen) atoms. The first-order valence-corrected chi connectivity index (χ1v) is 8.95. The van der Waals surface area contributed by atoms with Crippen molar-refractivity contribution in [3.05, 3.63) is 47.8 Å². The first-order valence-electron chi connectivity index (χ1n) is 8.95. The Morgan fingerprint density at radius 2 is 2.08 bits per heavy atom. The molecular weight excluding hydrogens is 330 g/mol. The standard InChI is InChI=1S/C20H25N3O3/c1-14-12-21-10-9-18(14)23-20(24)22-13-15-7-8-17(25-2)11-19(15)26-16-5-3-4-6-16/h7-12,16H,3-6,13H2,1-2H3,(H2,21,22,23,24). The summed E-state index contributed by atoms with van der Waals surface area (Å²) in [6.45, 7) is 2.28. The Balaban J connectivity index is 1.64. The second kappa shape index (κ2) is 8.56. The predicted molar refractivity (Wildman–Crippen MR) is 101 cm³/mol. The zero-order valence-electron chi connectivity index (χ0n) is 15.2. The van der Waals surface area contributed by atoms with Crippen molar-refractivity contribution < 1.29 is 14.3 Å². The van der Waals surface area contributed by atoms with E-state index < -0.39 is 0 Å². The van der Waals surface area contributed by atoms with Crippen LogP contribution in [0.1, 0.15) is 36.8 Å². The van der Waals surface area contributed by atoms with E-state index in [2.05, 4.69) is 15.6 Å². The van der Waals surface area contributed by atoms with Crippen molar-refractivity contribution in [2.45, 2.75) is 45.3 Å². The molecule has 0 aliphatic heterocycles. The van der Waals surface area contributed by atoms with Crippen molar-refractivity contribution in [1.82, 2.24) is 10.3 Å². The number of carbonyl (C=O) groups excluding carboxylic acids is 1. The van der Waals surface area contributed by atoms with Crippen molar-refractivity contribution in [1.29, 1.82) is 0 Å². The van der Waals surface area contributed by atoms with Gasteiger partial charge in [-0.25, -0.2) is 4.79 Å². The number of aryl methyl sites for hydroxylation is 1. The van der Waals surface area contributed by atoms with E-state index in [1.165, 1.54) is 12.8 Å². The van der Waals surface area contributed by atoms with E-state index in [1.54, 1.807) is 25.6 Å². The van der Waals surface area contributed by atoms with Gasteiger partial charge in [-0.2, -0.15) is 0 Å². The molecule has 1 aliphatic carbocycles. The summed E-state index contributed by atoms with van der Waals surface area (Å²) in [6.07, 6.45) is 8.17. The maximum atomic E-state index is 12.2. The Hall–Kier alpha value is -2.76. The van der Waals surface area contributed by atoms with Crippen molar-refractivity contribution >= 4 is 11.7 Å². The third-order valence-corrected chi connectivity index (χ3v) is 4.58. The lowest BCUT2D eigenvalue weighted by Gasteiger charge is -2.18. The van der Waals surface area contributed by atoms with Gasteiger partial charge in [-0.1, -0.05) is 0 Å². The molecule has 0 atom stereocenters. The number of amides is 2. The minimum atomic E-state index is -0.262. The molecule has 0 spiro atoms. The lowest BCUT2D eigenvalue weighted by atomic mass is 10.2. The van der Waals surface area contributed by atoms with Crippen molar-refractivity contribution in [3.63, 3.8) is 0 Å². The molecule has 1 saturated carbocycles. The van der Waals surface area contributed by atoms with Crippen LogP contribution >= 0.6 is 0 Å². The Morgan fingerprint density at radius 3 is 2.81 bits per heavy atom. The van der Waals surface area contributed by atoms with Crippen LogP contribution in [0.2, 0.25) is 0 Å². The number of hydrogen-bond donors (Lipinski definition) is 2. The third-order valence-electron chi connectivity index (χ3n) is 4.58. The average Bonchev–Trinajstić information content (AvgIpc) is 3.15. The van der Waals surface area contributed by atoms with Gasteiger partial charge in [0.1, 0.15) is 11.5 Å². The van der Waals surface area contributed by atoms with Crippen molar-refractivity contribution in [2.24, 2.45) is 0 Å². The zero-order chi connectivity index (χ0) is 18.4. The van der Waals surface area contributed by atoms with E-state index in [0.717, 1.165) is 41.2 Å². The highest BCUT2D eigenvalue weighted by atomic mass is 16.5. The quantitative estimate of drug-likeness (QED) is 0.820. The number of rotatable bonds is 6. The summed E-state index contributed by atoms with van der Waals surface area (Å²) < 4.78 is 11.5. The van der Waals surface area contributed by atoms with Crippen molar-refractivity contribution in [2.75, 3.05) is 12.4 Å². The molecule has 2 N–H and O–H groups in total. The van der Waals surface area contributed by atoms with Gasteiger partial charge in [0.25, 0.3) is 0 Å². The summed E-state index contributed by atoms with van der Waals surface area (Å²) >= 11 is 0. The maximum absolute atomic E-state index is 12.2. The number of ether oxygens (including phenoxy) is 2. The number of aromatic nitrogens is 1. The van der Waals surface area contributed by atoms with Crippen LogP contribution in [-0.2, 0) is 6.54 Å². The number of pyridine rings is 1. The molecule has 0 bridgehead atoms. The molecule has 1 aromatic carbocycles. The predicted octanol–water partition coefficient (Wildman–Crippen LogP) is 4.04. The van der Waals surface area contributed by atoms with Crippen LogP contribution in [0.4, 0.5) is 10.5 Å². The Kier molecular flexibility index (Phi) is 5.94. The molecular formula is C20H25N3O3. The third kappa shape index (κ3) is 4.65. The first kappa shape index (κ1) is 18.0. The van der Waals surface area contributed by atoms with Crippen molar-refractivity contribution in [3.8, 4) is 11.5 Å². The number of nitrogens with zero attached hydrogens (tertiary/aromatic N) is 1. The average molecular weight is 355 g/mol. The molecule has 0 saturated heterocycles. The lowest BCUT2D eigenvalue weighted by Crippen LogP contribution is -2.28. The SMILES string of the molecule is COc1ccc(CNC(=O)Nc2ccncc2C)c(OC2CCCC2)c1. The smallest absolute Gasteiger partial charge is 0.319 e. The van der Waals surface area contributed by atoms with Crippen LogP contribution in [0.25, 0.3) is 0 Å². The van der Waals surface area contributed by atoms with E-state index in [9.17, 15) is 4.79 Å². The van der Waals surface area contributed by atoms with Crippen LogP contribution in [0.5, 0.6) is 11.5 Å². The van der Waals surface area contributed by atoms with E-state index >= 15 is 0 Å². The second-order valence-corrected chi connectivity index (χ2v) is 6.50. The molecule has 1 aliphatic rings. The summed E-state index contributed by atoms with van der Waals surface area (Å²) in [6, 6.07) is 7.21. The summed E-state index contributed by atoms with van der Waals surface area (Å²) in [5, 5.41) is 5.73. The van der Waals surface area contributed by atoms with Gasteiger partial charge < -0.3 is 20.1 Å². The molecule has 0 radical (unpaired) electrons. The molecule has 1 heterocycles. The van der Waals surface area contributed by atoms with Gasteiger partial charge in [0.05, 0.1) is 13.2 Å². The Bertz CT molecular complexity index is 758. The summed E-state index contributed by atoms with van der Waals surface area (Å²) in [7, 11) is 1.64. The highest BCUT2D eigenvalue weighted by Crippen LogP contribution is 2.30. The summed E-state index contributed by atoms with van der Waals surface area (Å²) in [5.74, 6) is 1.52. The minimum Gasteiger partial charge on any atom is -0.497 e. The number of carbonyl (C=O) groups is 1. The molecule has 6 nitrogen and oxygen atoms in total. The van der Waals surface area contributed by atoms with Gasteiger partial charge in [0.15, 0.2) is 0 Å². The van der Waals surface area contributed by atoms with E-state index in [1.807, 2.05) is 25.1 Å². The van der Waals surface area contributed by atoms with Crippen LogP contribution in [0, 0.1) is 6.92 Å². The van der Waals surface area contributed by atoms with E-state index in [0.29, 0.717) is 6.54 Å². The lowest BCUT2D eigenvalue weighted by molar-refractivity contribution is 0.206. The van der Waals surface area contributed by atoms with Gasteiger partial charge in [-0.15, -0.1) is 0 Å². The largest absolute Gasteiger partial charge is 0.497 e. The fourth-order valence-electron chi connectivity index (χ4n) is 3.06. The maximum Gasteiger partial charge on any atom is 0.319 e. The highest BCUT2D eigenvalue weighted by Gasteiger charge is 2.18. The number of anilines is 1. The fourth-order valence-corrected chi connectivity index (χ4v) is 3.06. The van der Waals surface area contributed by atoms with E-state index in [-0.39, 0.29) is 12.1 Å². The molecule has 138 valence electrons. The molecule has 1 fully saturated rings. The van der Waals surface area contributed by atoms with Gasteiger partial charge in [-0.05, 0) is 56.4 Å². The molecule has 0 unspecified atom stereocenters. The number of benzene rings is 1.